The van der Waals surface area contributed by atoms with Crippen molar-refractivity contribution < 1.29 is 9.47 Å². The highest BCUT2D eigenvalue weighted by Gasteiger charge is 2.40. The van der Waals surface area contributed by atoms with E-state index in [-0.39, 0.29) is 0 Å². The molecule has 0 radical (unpaired) electrons. The van der Waals surface area contributed by atoms with Gasteiger partial charge in [-0.05, 0) is 39.3 Å². The Balaban J connectivity index is 1.47. The summed E-state index contributed by atoms with van der Waals surface area (Å²) in [5, 5.41) is 1.03. The summed E-state index contributed by atoms with van der Waals surface area (Å²) in [6.45, 7) is 6.52. The van der Waals surface area contributed by atoms with Crippen molar-refractivity contribution in [2.24, 2.45) is 5.92 Å². The number of rotatable bonds is 6. The van der Waals surface area contributed by atoms with Gasteiger partial charge in [-0.3, -0.25) is 4.98 Å². The molecule has 1 aliphatic carbocycles. The molecule has 4 rings (SSSR count). The molecule has 0 spiro atoms. The first kappa shape index (κ1) is 17.9. The summed E-state index contributed by atoms with van der Waals surface area (Å²) in [6, 6.07) is 3.99. The van der Waals surface area contributed by atoms with Crippen molar-refractivity contribution in [3.63, 3.8) is 0 Å². The molecular formula is C20H22N4O2S. The number of aromatic nitrogens is 4. The van der Waals surface area contributed by atoms with E-state index in [9.17, 15) is 0 Å². The van der Waals surface area contributed by atoms with Crippen LogP contribution in [-0.2, 0) is 0 Å². The Kier molecular flexibility index (Phi) is 4.78. The molecule has 7 heteroatoms. The van der Waals surface area contributed by atoms with Crippen LogP contribution in [0.2, 0.25) is 0 Å². The number of nitrogens with zero attached hydrogens (tertiary/aromatic N) is 4. The van der Waals surface area contributed by atoms with Crippen molar-refractivity contribution in [1.82, 2.24) is 19.9 Å². The smallest absolute Gasteiger partial charge is 0.225 e. The normalized spacial score (nSPS) is 18.4. The van der Waals surface area contributed by atoms with Crippen LogP contribution in [0.1, 0.15) is 34.6 Å². The Labute approximate surface area is 162 Å². The van der Waals surface area contributed by atoms with Crippen LogP contribution in [0.15, 0.2) is 24.5 Å². The fourth-order valence-electron chi connectivity index (χ4n) is 3.21. The van der Waals surface area contributed by atoms with E-state index in [4.69, 9.17) is 9.47 Å². The number of thiazole rings is 1. The predicted molar refractivity (Wildman–Crippen MR) is 104 cm³/mol. The molecule has 1 aliphatic rings. The van der Waals surface area contributed by atoms with Crippen LogP contribution in [0.3, 0.4) is 0 Å². The predicted octanol–water partition coefficient (Wildman–Crippen LogP) is 4.11. The summed E-state index contributed by atoms with van der Waals surface area (Å²) in [5.41, 5.74) is 3.00. The maximum Gasteiger partial charge on any atom is 0.225 e. The van der Waals surface area contributed by atoms with Gasteiger partial charge in [0.25, 0.3) is 0 Å². The number of ether oxygens (including phenoxy) is 2. The lowest BCUT2D eigenvalue weighted by atomic mass is 10.2. The Morgan fingerprint density at radius 3 is 2.63 bits per heavy atom. The van der Waals surface area contributed by atoms with E-state index in [1.165, 1.54) is 0 Å². The maximum atomic E-state index is 6.13. The van der Waals surface area contributed by atoms with Gasteiger partial charge in [0.05, 0.1) is 41.1 Å². The van der Waals surface area contributed by atoms with E-state index in [1.54, 1.807) is 24.6 Å². The van der Waals surface area contributed by atoms with E-state index in [0.29, 0.717) is 30.1 Å². The highest BCUT2D eigenvalue weighted by atomic mass is 32.1. The number of aryl methyl sites for hydroxylation is 3. The second kappa shape index (κ2) is 7.23. The summed E-state index contributed by atoms with van der Waals surface area (Å²) < 4.78 is 11.3. The van der Waals surface area contributed by atoms with Gasteiger partial charge in [-0.15, -0.1) is 11.3 Å². The quantitative estimate of drug-likeness (QED) is 0.639. The van der Waals surface area contributed by atoms with Gasteiger partial charge in [0.1, 0.15) is 11.6 Å². The van der Waals surface area contributed by atoms with E-state index in [1.807, 2.05) is 39.1 Å². The number of hydrogen-bond donors (Lipinski definition) is 0. The molecule has 0 amide bonds. The van der Waals surface area contributed by atoms with E-state index >= 15 is 0 Å². The Morgan fingerprint density at radius 1 is 1.11 bits per heavy atom. The van der Waals surface area contributed by atoms with Crippen LogP contribution >= 0.6 is 11.3 Å². The summed E-state index contributed by atoms with van der Waals surface area (Å²) in [6.07, 6.45) is 4.69. The molecule has 140 valence electrons. The second-order valence-electron chi connectivity index (χ2n) is 6.82. The molecular weight excluding hydrogens is 360 g/mol. The van der Waals surface area contributed by atoms with Gasteiger partial charge in [-0.25, -0.2) is 9.97 Å². The molecule has 3 aromatic heterocycles. The summed E-state index contributed by atoms with van der Waals surface area (Å²) in [5.74, 6) is 3.02. The summed E-state index contributed by atoms with van der Waals surface area (Å²) in [4.78, 5) is 19.0. The van der Waals surface area contributed by atoms with Gasteiger partial charge >= 0.3 is 0 Å². The average Bonchev–Trinajstić information content (AvgIpc) is 3.37. The molecule has 0 N–H and O–H groups in total. The third kappa shape index (κ3) is 3.78. The average molecular weight is 382 g/mol. The van der Waals surface area contributed by atoms with Crippen molar-refractivity contribution in [2.75, 3.05) is 13.7 Å². The van der Waals surface area contributed by atoms with Crippen LogP contribution in [0.4, 0.5) is 0 Å². The van der Waals surface area contributed by atoms with Crippen molar-refractivity contribution in [3.8, 4) is 22.1 Å². The fourth-order valence-corrected chi connectivity index (χ4v) is 4.13. The van der Waals surface area contributed by atoms with Gasteiger partial charge in [-0.2, -0.15) is 4.98 Å². The molecule has 27 heavy (non-hydrogen) atoms. The molecule has 0 aromatic carbocycles. The first-order valence-corrected chi connectivity index (χ1v) is 9.77. The lowest BCUT2D eigenvalue weighted by Gasteiger charge is -2.10. The lowest BCUT2D eigenvalue weighted by Crippen LogP contribution is -2.05. The van der Waals surface area contributed by atoms with Crippen LogP contribution in [0.25, 0.3) is 10.4 Å². The third-order valence-corrected chi connectivity index (χ3v) is 5.86. The van der Waals surface area contributed by atoms with Crippen molar-refractivity contribution in [3.05, 3.63) is 46.7 Å². The highest BCUT2D eigenvalue weighted by molar-refractivity contribution is 7.15. The lowest BCUT2D eigenvalue weighted by molar-refractivity contribution is 0.285. The minimum absolute atomic E-state index is 0.440. The molecule has 1 saturated carbocycles. The molecule has 0 saturated heterocycles. The first-order chi connectivity index (χ1) is 13.0. The second-order valence-corrected chi connectivity index (χ2v) is 8.02. The standard InChI is InChI=1S/C20H22N4O2S/c1-11-19(27-13(3)23-11)17-9-21-12(2)24-20(17)26-10-14-7-16(14)18-6-5-15(25-4)8-22-18/h5-6,8-9,14,16H,7,10H2,1-4H3/t14-,16+/m1/s1. The van der Waals surface area contributed by atoms with Crippen molar-refractivity contribution >= 4 is 11.3 Å². The summed E-state index contributed by atoms with van der Waals surface area (Å²) >= 11 is 1.65. The molecule has 1 fully saturated rings. The molecule has 0 aliphatic heterocycles. The van der Waals surface area contributed by atoms with Crippen LogP contribution in [-0.4, -0.2) is 33.7 Å². The number of methoxy groups -OCH3 is 1. The van der Waals surface area contributed by atoms with Crippen molar-refractivity contribution in [2.45, 2.75) is 33.1 Å². The molecule has 3 heterocycles. The number of pyridine rings is 1. The minimum Gasteiger partial charge on any atom is -0.495 e. The number of hydrogen-bond acceptors (Lipinski definition) is 7. The summed E-state index contributed by atoms with van der Waals surface area (Å²) in [7, 11) is 1.65. The SMILES string of the molecule is COc1ccc([C@H]2C[C@@H]2COc2nc(C)ncc2-c2sc(C)nc2C)nc1. The zero-order valence-electron chi connectivity index (χ0n) is 15.9. The minimum atomic E-state index is 0.440. The molecule has 0 unspecified atom stereocenters. The van der Waals surface area contributed by atoms with Crippen LogP contribution < -0.4 is 9.47 Å². The van der Waals surface area contributed by atoms with Crippen LogP contribution in [0, 0.1) is 26.7 Å². The monoisotopic (exact) mass is 382 g/mol. The molecule has 2 atom stereocenters. The third-order valence-electron chi connectivity index (χ3n) is 4.75. The van der Waals surface area contributed by atoms with E-state index < -0.39 is 0 Å². The van der Waals surface area contributed by atoms with Gasteiger partial charge in [0, 0.05) is 23.7 Å². The zero-order chi connectivity index (χ0) is 19.0. The topological polar surface area (TPSA) is 70.0 Å². The van der Waals surface area contributed by atoms with Gasteiger partial charge < -0.3 is 9.47 Å². The Morgan fingerprint density at radius 2 is 1.96 bits per heavy atom. The largest absolute Gasteiger partial charge is 0.495 e. The highest BCUT2D eigenvalue weighted by Crippen LogP contribution is 2.47. The molecule has 3 aromatic rings. The van der Waals surface area contributed by atoms with E-state index in [0.717, 1.165) is 39.0 Å². The van der Waals surface area contributed by atoms with Crippen LogP contribution in [0.5, 0.6) is 11.6 Å². The van der Waals surface area contributed by atoms with Gasteiger partial charge in [0.15, 0.2) is 0 Å². The first-order valence-electron chi connectivity index (χ1n) is 8.96. The Bertz CT molecular complexity index is 955. The van der Waals surface area contributed by atoms with Crippen molar-refractivity contribution in [1.29, 1.82) is 0 Å². The zero-order valence-corrected chi connectivity index (χ0v) is 16.7. The van der Waals surface area contributed by atoms with Gasteiger partial charge in [0.2, 0.25) is 5.88 Å². The Hall–Kier alpha value is -2.54. The maximum absolute atomic E-state index is 6.13. The molecule has 0 bridgehead atoms. The van der Waals surface area contributed by atoms with E-state index in [2.05, 4.69) is 19.9 Å². The molecule has 6 nitrogen and oxygen atoms in total. The fraction of sp³-hybridized carbons (Fsp3) is 0.400. The van der Waals surface area contributed by atoms with Gasteiger partial charge in [-0.1, -0.05) is 0 Å².